The van der Waals surface area contributed by atoms with Gasteiger partial charge < -0.3 is 10.2 Å². The van der Waals surface area contributed by atoms with Crippen molar-refractivity contribution in [2.24, 2.45) is 0 Å². The van der Waals surface area contributed by atoms with Gasteiger partial charge in [0.1, 0.15) is 0 Å². The maximum absolute atomic E-state index is 12.6. The van der Waals surface area contributed by atoms with Gasteiger partial charge in [-0.05, 0) is 43.6 Å². The van der Waals surface area contributed by atoms with Gasteiger partial charge in [-0.15, -0.1) is 6.58 Å². The monoisotopic (exact) mass is 320 g/mol. The topological polar surface area (TPSA) is 49.4 Å². The van der Waals surface area contributed by atoms with Crippen molar-refractivity contribution in [1.29, 1.82) is 0 Å². The number of hydrogen-bond donors (Lipinski definition) is 1. The minimum absolute atomic E-state index is 0.136. The quantitative estimate of drug-likeness (QED) is 0.812. The standard InChI is InChI=1S/C17H24N2O2S/c1-3-12-19(15-8-10-18-11-9-15)17(20)13-14-4-6-16(7-5-14)22(2)21/h3-7,15,18H,1,8-13H2,2H3. The Bertz CT molecular complexity index is 536. The number of benzene rings is 1. The molecule has 1 atom stereocenters. The Labute approximate surface area is 135 Å². The van der Waals surface area contributed by atoms with Crippen LogP contribution in [0.15, 0.2) is 41.8 Å². The molecule has 1 saturated heterocycles. The van der Waals surface area contributed by atoms with Crippen molar-refractivity contribution < 1.29 is 9.00 Å². The number of carbonyl (C=O) groups is 1. The molecule has 1 N–H and O–H groups in total. The Morgan fingerprint density at radius 3 is 2.55 bits per heavy atom. The van der Waals surface area contributed by atoms with E-state index in [0.717, 1.165) is 36.4 Å². The van der Waals surface area contributed by atoms with E-state index in [2.05, 4.69) is 11.9 Å². The lowest BCUT2D eigenvalue weighted by Gasteiger charge is -2.34. The van der Waals surface area contributed by atoms with Crippen molar-refractivity contribution in [3.05, 3.63) is 42.5 Å². The second-order valence-electron chi connectivity index (χ2n) is 5.59. The molecule has 5 heteroatoms. The summed E-state index contributed by atoms with van der Waals surface area (Å²) in [4.78, 5) is 15.4. The van der Waals surface area contributed by atoms with Crippen molar-refractivity contribution >= 4 is 16.7 Å². The maximum Gasteiger partial charge on any atom is 0.227 e. The number of rotatable bonds is 6. The largest absolute Gasteiger partial charge is 0.336 e. The van der Waals surface area contributed by atoms with E-state index in [1.165, 1.54) is 0 Å². The molecular weight excluding hydrogens is 296 g/mol. The van der Waals surface area contributed by atoms with Crippen molar-refractivity contribution in [2.45, 2.75) is 30.2 Å². The van der Waals surface area contributed by atoms with Crippen LogP contribution in [0.2, 0.25) is 0 Å². The first-order chi connectivity index (χ1) is 10.6. The highest BCUT2D eigenvalue weighted by Gasteiger charge is 2.24. The lowest BCUT2D eigenvalue weighted by atomic mass is 10.0. The predicted molar refractivity (Wildman–Crippen MR) is 90.3 cm³/mol. The van der Waals surface area contributed by atoms with Gasteiger partial charge in [0.2, 0.25) is 5.91 Å². The van der Waals surface area contributed by atoms with Crippen molar-refractivity contribution in [1.82, 2.24) is 10.2 Å². The summed E-state index contributed by atoms with van der Waals surface area (Å²) < 4.78 is 11.4. The van der Waals surface area contributed by atoms with Gasteiger partial charge in [0.25, 0.3) is 0 Å². The summed E-state index contributed by atoms with van der Waals surface area (Å²) in [5.74, 6) is 0.136. The van der Waals surface area contributed by atoms with Gasteiger partial charge >= 0.3 is 0 Å². The molecule has 4 nitrogen and oxygen atoms in total. The number of hydrogen-bond acceptors (Lipinski definition) is 3. The third-order valence-corrected chi connectivity index (χ3v) is 4.94. The molecule has 0 saturated carbocycles. The zero-order chi connectivity index (χ0) is 15.9. The second-order valence-corrected chi connectivity index (χ2v) is 6.97. The molecule has 1 unspecified atom stereocenters. The summed E-state index contributed by atoms with van der Waals surface area (Å²) in [6, 6.07) is 7.75. The highest BCUT2D eigenvalue weighted by Crippen LogP contribution is 2.15. The van der Waals surface area contributed by atoms with E-state index in [-0.39, 0.29) is 5.91 Å². The Kier molecular flexibility index (Phi) is 6.34. The summed E-state index contributed by atoms with van der Waals surface area (Å²) in [6.45, 7) is 6.29. The van der Waals surface area contributed by atoms with Crippen LogP contribution < -0.4 is 5.32 Å². The molecule has 1 heterocycles. The molecule has 1 fully saturated rings. The van der Waals surface area contributed by atoms with E-state index in [4.69, 9.17) is 0 Å². The smallest absolute Gasteiger partial charge is 0.227 e. The molecule has 2 rings (SSSR count). The van der Waals surface area contributed by atoms with Crippen LogP contribution in [0.5, 0.6) is 0 Å². The third-order valence-electron chi connectivity index (χ3n) is 4.01. The molecule has 1 aromatic carbocycles. The third kappa shape index (κ3) is 4.52. The average molecular weight is 320 g/mol. The van der Waals surface area contributed by atoms with Crippen molar-refractivity contribution in [2.75, 3.05) is 25.9 Å². The van der Waals surface area contributed by atoms with Gasteiger partial charge in [-0.1, -0.05) is 18.2 Å². The van der Waals surface area contributed by atoms with Crippen LogP contribution in [0, 0.1) is 0 Å². The molecule has 1 aromatic rings. The first-order valence-corrected chi connectivity index (χ1v) is 9.21. The number of amides is 1. The number of carbonyl (C=O) groups excluding carboxylic acids is 1. The number of nitrogens with one attached hydrogen (secondary N) is 1. The molecule has 120 valence electrons. The molecule has 0 aromatic heterocycles. The molecule has 0 spiro atoms. The van der Waals surface area contributed by atoms with E-state index < -0.39 is 10.8 Å². The predicted octanol–water partition coefficient (Wildman–Crippen LogP) is 1.73. The molecule has 0 radical (unpaired) electrons. The van der Waals surface area contributed by atoms with Crippen LogP contribution in [0.4, 0.5) is 0 Å². The van der Waals surface area contributed by atoms with Crippen LogP contribution in [0.3, 0.4) is 0 Å². The van der Waals surface area contributed by atoms with Gasteiger partial charge in [0.15, 0.2) is 0 Å². The molecule has 22 heavy (non-hydrogen) atoms. The molecule has 1 aliphatic heterocycles. The van der Waals surface area contributed by atoms with E-state index in [0.29, 0.717) is 19.0 Å². The average Bonchev–Trinajstić information content (AvgIpc) is 2.53. The van der Waals surface area contributed by atoms with Gasteiger partial charge in [-0.2, -0.15) is 0 Å². The molecule has 0 aliphatic carbocycles. The van der Waals surface area contributed by atoms with Gasteiger partial charge in [0, 0.05) is 34.5 Å². The van der Waals surface area contributed by atoms with Crippen LogP contribution in [0.1, 0.15) is 18.4 Å². The Morgan fingerprint density at radius 2 is 2.00 bits per heavy atom. The minimum atomic E-state index is -0.981. The maximum atomic E-state index is 12.6. The number of nitrogens with zero attached hydrogens (tertiary/aromatic N) is 1. The lowest BCUT2D eigenvalue weighted by Crippen LogP contribution is -2.46. The Balaban J connectivity index is 2.03. The lowest BCUT2D eigenvalue weighted by molar-refractivity contribution is -0.132. The highest BCUT2D eigenvalue weighted by molar-refractivity contribution is 7.84. The van der Waals surface area contributed by atoms with E-state index in [1.807, 2.05) is 29.2 Å². The van der Waals surface area contributed by atoms with Crippen LogP contribution >= 0.6 is 0 Å². The fourth-order valence-corrected chi connectivity index (χ4v) is 3.31. The number of piperidine rings is 1. The van der Waals surface area contributed by atoms with Crippen LogP contribution in [0.25, 0.3) is 0 Å². The van der Waals surface area contributed by atoms with E-state index in [1.54, 1.807) is 12.3 Å². The summed E-state index contributed by atoms with van der Waals surface area (Å²) in [5.41, 5.74) is 0.960. The zero-order valence-corrected chi connectivity index (χ0v) is 13.9. The summed E-state index contributed by atoms with van der Waals surface area (Å²) in [5, 5.41) is 3.32. The van der Waals surface area contributed by atoms with Gasteiger partial charge in [0.05, 0.1) is 6.42 Å². The first-order valence-electron chi connectivity index (χ1n) is 7.65. The van der Waals surface area contributed by atoms with E-state index in [9.17, 15) is 9.00 Å². The van der Waals surface area contributed by atoms with Crippen molar-refractivity contribution in [3.63, 3.8) is 0 Å². The summed E-state index contributed by atoms with van der Waals surface area (Å²) >= 11 is 0. The SMILES string of the molecule is C=CCN(C(=O)Cc1ccc(S(C)=O)cc1)C1CCNCC1. The molecule has 0 bridgehead atoms. The minimum Gasteiger partial charge on any atom is -0.336 e. The fourth-order valence-electron chi connectivity index (χ4n) is 2.79. The summed E-state index contributed by atoms with van der Waals surface area (Å²) in [6.07, 6.45) is 5.82. The fraction of sp³-hybridized carbons (Fsp3) is 0.471. The Hall–Kier alpha value is -1.46. The zero-order valence-electron chi connectivity index (χ0n) is 13.1. The molecular formula is C17H24N2O2S. The van der Waals surface area contributed by atoms with Crippen LogP contribution in [-0.4, -0.2) is 46.9 Å². The second kappa shape index (κ2) is 8.25. The van der Waals surface area contributed by atoms with Gasteiger partial charge in [-0.25, -0.2) is 0 Å². The first kappa shape index (κ1) is 16.9. The van der Waals surface area contributed by atoms with Crippen LogP contribution in [-0.2, 0) is 22.0 Å². The van der Waals surface area contributed by atoms with Gasteiger partial charge in [-0.3, -0.25) is 9.00 Å². The summed E-state index contributed by atoms with van der Waals surface area (Å²) in [7, 11) is -0.981. The normalized spacial score (nSPS) is 17.0. The van der Waals surface area contributed by atoms with Crippen molar-refractivity contribution in [3.8, 4) is 0 Å². The molecule has 1 aliphatic rings. The van der Waals surface area contributed by atoms with E-state index >= 15 is 0 Å². The molecule has 1 amide bonds. The Morgan fingerprint density at radius 1 is 1.36 bits per heavy atom. The highest BCUT2D eigenvalue weighted by atomic mass is 32.2.